The monoisotopic (exact) mass is 407 g/mol. The molecule has 1 N–H and O–H groups in total. The van der Waals surface area contributed by atoms with Crippen molar-refractivity contribution in [1.82, 2.24) is 0 Å². The van der Waals surface area contributed by atoms with Crippen molar-refractivity contribution in [3.63, 3.8) is 0 Å². The van der Waals surface area contributed by atoms with Gasteiger partial charge < -0.3 is 5.32 Å². The number of benzene rings is 3. The molecule has 0 aliphatic carbocycles. The Morgan fingerprint density at radius 1 is 0.893 bits per heavy atom. The van der Waals surface area contributed by atoms with Gasteiger partial charge >= 0.3 is 0 Å². The molecule has 3 aromatic carbocycles. The van der Waals surface area contributed by atoms with E-state index in [1.807, 2.05) is 55.9 Å². The minimum Gasteiger partial charge on any atom is -0.325 e. The zero-order valence-electron chi connectivity index (χ0n) is 16.2. The summed E-state index contributed by atoms with van der Waals surface area (Å²) in [6.45, 7) is 4.01. The van der Waals surface area contributed by atoms with Crippen LogP contribution >= 0.6 is 23.5 Å². The van der Waals surface area contributed by atoms with Crippen LogP contribution in [0.5, 0.6) is 0 Å². The van der Waals surface area contributed by atoms with Crippen molar-refractivity contribution in [3.05, 3.63) is 95.6 Å². The summed E-state index contributed by atoms with van der Waals surface area (Å²) in [6.07, 6.45) is 0. The molecule has 3 rings (SSSR count). The molecule has 1 atom stereocenters. The summed E-state index contributed by atoms with van der Waals surface area (Å²) in [7, 11) is 0. The van der Waals surface area contributed by atoms with Crippen molar-refractivity contribution in [3.8, 4) is 0 Å². The molecule has 28 heavy (non-hydrogen) atoms. The molecule has 0 saturated carbocycles. The van der Waals surface area contributed by atoms with E-state index in [9.17, 15) is 4.79 Å². The maximum atomic E-state index is 12.5. The van der Waals surface area contributed by atoms with Gasteiger partial charge in [-0.15, -0.1) is 23.5 Å². The highest BCUT2D eigenvalue weighted by Crippen LogP contribution is 2.26. The summed E-state index contributed by atoms with van der Waals surface area (Å²) in [4.78, 5) is 13.8. The number of nitrogens with one attached hydrogen (secondary N) is 1. The summed E-state index contributed by atoms with van der Waals surface area (Å²) in [5.41, 5.74) is 4.49. The molecule has 0 aromatic heterocycles. The molecule has 0 heterocycles. The van der Waals surface area contributed by atoms with Gasteiger partial charge in [0, 0.05) is 22.1 Å². The highest BCUT2D eigenvalue weighted by Gasteiger charge is 2.14. The van der Waals surface area contributed by atoms with Gasteiger partial charge in [0.2, 0.25) is 5.91 Å². The van der Waals surface area contributed by atoms with E-state index in [1.165, 1.54) is 16.0 Å². The second kappa shape index (κ2) is 10.4. The topological polar surface area (TPSA) is 29.1 Å². The first-order valence-corrected chi connectivity index (χ1v) is 11.4. The van der Waals surface area contributed by atoms with Crippen molar-refractivity contribution >= 4 is 35.1 Å². The number of thioether (sulfide) groups is 2. The fraction of sp³-hybridized carbons (Fsp3) is 0.208. The van der Waals surface area contributed by atoms with Crippen LogP contribution < -0.4 is 5.32 Å². The first-order valence-electron chi connectivity index (χ1n) is 9.35. The summed E-state index contributed by atoms with van der Waals surface area (Å²) in [5.74, 6) is 1.81. The number of amides is 1. The molecule has 0 bridgehead atoms. The molecule has 4 heteroatoms. The van der Waals surface area contributed by atoms with Crippen LogP contribution in [-0.2, 0) is 16.3 Å². The molecule has 0 aliphatic rings. The van der Waals surface area contributed by atoms with Gasteiger partial charge in [0.05, 0.1) is 5.25 Å². The Bertz CT molecular complexity index is 897. The van der Waals surface area contributed by atoms with Crippen molar-refractivity contribution in [2.75, 3.05) is 5.32 Å². The third-order valence-electron chi connectivity index (χ3n) is 4.41. The van der Waals surface area contributed by atoms with Crippen LogP contribution in [0.25, 0.3) is 0 Å². The van der Waals surface area contributed by atoms with Gasteiger partial charge in [-0.25, -0.2) is 0 Å². The van der Waals surface area contributed by atoms with Crippen LogP contribution in [0.2, 0.25) is 0 Å². The van der Waals surface area contributed by atoms with Gasteiger partial charge in [-0.05, 0) is 48.7 Å². The van der Waals surface area contributed by atoms with Crippen LogP contribution in [0, 0.1) is 6.92 Å². The Morgan fingerprint density at radius 2 is 1.57 bits per heavy atom. The van der Waals surface area contributed by atoms with E-state index in [4.69, 9.17) is 0 Å². The van der Waals surface area contributed by atoms with E-state index < -0.39 is 0 Å². The first kappa shape index (κ1) is 20.6. The van der Waals surface area contributed by atoms with Crippen LogP contribution in [0.15, 0.2) is 83.8 Å². The lowest BCUT2D eigenvalue weighted by Gasteiger charge is -2.14. The second-order valence-corrected chi connectivity index (χ2v) is 9.06. The molecule has 1 amide bonds. The lowest BCUT2D eigenvalue weighted by atomic mass is 10.1. The lowest BCUT2D eigenvalue weighted by molar-refractivity contribution is -0.115. The van der Waals surface area contributed by atoms with Crippen LogP contribution in [0.1, 0.15) is 23.6 Å². The molecule has 0 unspecified atom stereocenters. The lowest BCUT2D eigenvalue weighted by Crippen LogP contribution is -2.23. The average Bonchev–Trinajstić information content (AvgIpc) is 2.73. The molecule has 0 fully saturated rings. The predicted octanol–water partition coefficient (Wildman–Crippen LogP) is 6.55. The number of carbonyl (C=O) groups excluding carboxylic acids is 1. The SMILES string of the molecule is Cc1cc(CSc2ccccc2)ccc1NC(=O)[C@@H](C)SCc1ccccc1. The van der Waals surface area contributed by atoms with Crippen molar-refractivity contribution in [2.24, 2.45) is 0 Å². The van der Waals surface area contributed by atoms with Crippen LogP contribution in [0.3, 0.4) is 0 Å². The zero-order chi connectivity index (χ0) is 19.8. The van der Waals surface area contributed by atoms with Gasteiger partial charge in [-0.3, -0.25) is 4.79 Å². The first-order chi connectivity index (χ1) is 13.6. The Labute approximate surface area is 176 Å². The molecule has 0 radical (unpaired) electrons. The van der Waals surface area contributed by atoms with Gasteiger partial charge in [0.1, 0.15) is 0 Å². The molecular weight excluding hydrogens is 382 g/mol. The maximum absolute atomic E-state index is 12.5. The van der Waals surface area contributed by atoms with Crippen molar-refractivity contribution < 1.29 is 4.79 Å². The second-order valence-electron chi connectivity index (χ2n) is 6.68. The summed E-state index contributed by atoms with van der Waals surface area (Å²) in [5, 5.41) is 2.98. The van der Waals surface area contributed by atoms with Gasteiger partial charge in [0.25, 0.3) is 0 Å². The number of aryl methyl sites for hydroxylation is 1. The summed E-state index contributed by atoms with van der Waals surface area (Å²) < 4.78 is 0. The van der Waals surface area contributed by atoms with E-state index in [-0.39, 0.29) is 11.2 Å². The molecule has 0 spiro atoms. The standard InChI is InChI=1S/C24H25NOS2/c1-18-15-21(17-28-22-11-7-4-8-12-22)13-14-23(18)25-24(26)19(2)27-16-20-9-5-3-6-10-20/h3-15,19H,16-17H2,1-2H3,(H,25,26)/t19-/m1/s1. The van der Waals surface area contributed by atoms with E-state index in [1.54, 1.807) is 11.8 Å². The maximum Gasteiger partial charge on any atom is 0.237 e. The number of hydrogen-bond donors (Lipinski definition) is 1. The molecular formula is C24H25NOS2. The molecule has 2 nitrogen and oxygen atoms in total. The van der Waals surface area contributed by atoms with E-state index in [0.717, 1.165) is 22.8 Å². The third kappa shape index (κ3) is 6.18. The van der Waals surface area contributed by atoms with Crippen molar-refractivity contribution in [1.29, 1.82) is 0 Å². The minimum absolute atomic E-state index is 0.0513. The predicted molar refractivity (Wildman–Crippen MR) is 123 cm³/mol. The van der Waals surface area contributed by atoms with Gasteiger partial charge in [0.15, 0.2) is 0 Å². The number of anilines is 1. The summed E-state index contributed by atoms with van der Waals surface area (Å²) in [6, 6.07) is 26.9. The minimum atomic E-state index is -0.104. The highest BCUT2D eigenvalue weighted by molar-refractivity contribution is 7.99. The van der Waals surface area contributed by atoms with Crippen LogP contribution in [0.4, 0.5) is 5.69 Å². The van der Waals surface area contributed by atoms with E-state index in [0.29, 0.717) is 0 Å². The molecule has 144 valence electrons. The summed E-state index contributed by atoms with van der Waals surface area (Å²) >= 11 is 3.48. The van der Waals surface area contributed by atoms with E-state index in [2.05, 4.69) is 53.8 Å². The largest absolute Gasteiger partial charge is 0.325 e. The number of carbonyl (C=O) groups is 1. The molecule has 0 aliphatic heterocycles. The van der Waals surface area contributed by atoms with E-state index >= 15 is 0 Å². The zero-order valence-corrected chi connectivity index (χ0v) is 17.9. The Hall–Kier alpha value is -2.17. The Balaban J connectivity index is 1.52. The quantitative estimate of drug-likeness (QED) is 0.429. The third-order valence-corrected chi connectivity index (χ3v) is 6.71. The fourth-order valence-corrected chi connectivity index (χ4v) is 4.45. The average molecular weight is 408 g/mol. The fourth-order valence-electron chi connectivity index (χ4n) is 2.74. The number of hydrogen-bond acceptors (Lipinski definition) is 3. The molecule has 0 saturated heterocycles. The van der Waals surface area contributed by atoms with Crippen LogP contribution in [-0.4, -0.2) is 11.2 Å². The number of rotatable bonds is 8. The Morgan fingerprint density at radius 3 is 2.25 bits per heavy atom. The van der Waals surface area contributed by atoms with Gasteiger partial charge in [-0.1, -0.05) is 60.7 Å². The highest BCUT2D eigenvalue weighted by atomic mass is 32.2. The van der Waals surface area contributed by atoms with Gasteiger partial charge in [-0.2, -0.15) is 0 Å². The molecule has 3 aromatic rings. The van der Waals surface area contributed by atoms with Crippen molar-refractivity contribution in [2.45, 2.75) is 35.5 Å². The normalized spacial score (nSPS) is 11.8. The smallest absolute Gasteiger partial charge is 0.237 e. The Kier molecular flexibility index (Phi) is 7.63.